The van der Waals surface area contributed by atoms with Crippen molar-refractivity contribution >= 4 is 46.3 Å². The Hall–Kier alpha value is -1.70. The van der Waals surface area contributed by atoms with Crippen molar-refractivity contribution in [3.63, 3.8) is 0 Å². The number of aromatic nitrogens is 1. The molecule has 0 radical (unpaired) electrons. The van der Waals surface area contributed by atoms with Crippen LogP contribution in [0.15, 0.2) is 53.3 Å². The summed E-state index contributed by atoms with van der Waals surface area (Å²) in [5.74, 6) is 6.16. The zero-order chi connectivity index (χ0) is 17.1. The zero-order valence-electron chi connectivity index (χ0n) is 12.2. The molecule has 24 heavy (non-hydrogen) atoms. The van der Waals surface area contributed by atoms with Gasteiger partial charge in [-0.25, -0.2) is 0 Å². The summed E-state index contributed by atoms with van der Waals surface area (Å²) in [6.45, 7) is 0.429. The minimum Gasteiger partial charge on any atom is -0.267 e. The Morgan fingerprint density at radius 2 is 1.67 bits per heavy atom. The summed E-state index contributed by atoms with van der Waals surface area (Å²) in [5.41, 5.74) is 2.45. The minimum atomic E-state index is -0.267. The molecule has 0 saturated carbocycles. The van der Waals surface area contributed by atoms with Crippen LogP contribution >= 0.6 is 46.3 Å². The lowest BCUT2D eigenvalue weighted by Crippen LogP contribution is -2.13. The number of rotatable bonds is 2. The van der Waals surface area contributed by atoms with Crippen LogP contribution in [0.5, 0.6) is 0 Å². The van der Waals surface area contributed by atoms with Gasteiger partial charge in [0.2, 0.25) is 0 Å². The highest BCUT2D eigenvalue weighted by molar-refractivity contribution is 7.11. The summed E-state index contributed by atoms with van der Waals surface area (Å²) >= 11 is 18.8. The fourth-order valence-electron chi connectivity index (χ4n) is 2.05. The molecule has 0 fully saturated rings. The van der Waals surface area contributed by atoms with Crippen molar-refractivity contribution in [2.75, 3.05) is 0 Å². The molecule has 2 aromatic carbocycles. The van der Waals surface area contributed by atoms with E-state index in [4.69, 9.17) is 34.8 Å². The summed E-state index contributed by atoms with van der Waals surface area (Å²) in [6.07, 6.45) is 0. The molecule has 120 valence electrons. The van der Waals surface area contributed by atoms with E-state index < -0.39 is 0 Å². The molecule has 0 aliphatic heterocycles. The molecule has 6 heteroatoms. The number of nitrogens with zero attached hydrogens (tertiary/aromatic N) is 1. The summed E-state index contributed by atoms with van der Waals surface area (Å²) in [7, 11) is 0. The maximum absolute atomic E-state index is 11.9. The largest absolute Gasteiger partial charge is 0.281 e. The Morgan fingerprint density at radius 1 is 0.958 bits per heavy atom. The average molecular weight is 395 g/mol. The van der Waals surface area contributed by atoms with Gasteiger partial charge in [0.25, 0.3) is 5.56 Å². The van der Waals surface area contributed by atoms with Gasteiger partial charge in [-0.3, -0.25) is 8.75 Å². The minimum absolute atomic E-state index is 0.0747. The lowest BCUT2D eigenvalue weighted by Gasteiger charge is -2.01. The van der Waals surface area contributed by atoms with Crippen molar-refractivity contribution in [1.29, 1.82) is 0 Å². The van der Waals surface area contributed by atoms with Crippen molar-refractivity contribution in [1.82, 2.24) is 3.96 Å². The van der Waals surface area contributed by atoms with Crippen LogP contribution in [0.4, 0.5) is 0 Å². The van der Waals surface area contributed by atoms with Gasteiger partial charge in [-0.15, -0.1) is 0 Å². The molecule has 1 heterocycles. The molecule has 0 aliphatic carbocycles. The number of hydrogen-bond acceptors (Lipinski definition) is 2. The smallest absolute Gasteiger partial charge is 0.267 e. The van der Waals surface area contributed by atoms with Crippen LogP contribution < -0.4 is 5.56 Å². The second kappa shape index (κ2) is 7.46. The van der Waals surface area contributed by atoms with Gasteiger partial charge < -0.3 is 0 Å². The molecule has 1 aromatic heterocycles. The van der Waals surface area contributed by atoms with Crippen molar-refractivity contribution in [2.45, 2.75) is 6.54 Å². The Balaban J connectivity index is 1.76. The third-order valence-corrected chi connectivity index (χ3v) is 5.30. The predicted molar refractivity (Wildman–Crippen MR) is 102 cm³/mol. The molecule has 0 saturated heterocycles. The van der Waals surface area contributed by atoms with Crippen LogP contribution in [0.3, 0.4) is 0 Å². The molecule has 0 atom stereocenters. The normalized spacial score (nSPS) is 10.3. The maximum atomic E-state index is 11.9. The molecule has 0 unspecified atom stereocenters. The van der Waals surface area contributed by atoms with E-state index in [1.165, 1.54) is 3.96 Å². The van der Waals surface area contributed by atoms with E-state index in [9.17, 15) is 4.79 Å². The average Bonchev–Trinajstić information content (AvgIpc) is 2.81. The van der Waals surface area contributed by atoms with Crippen LogP contribution in [-0.4, -0.2) is 3.96 Å². The summed E-state index contributed by atoms with van der Waals surface area (Å²) in [5, 5.41) is 0.738. The molecule has 0 bridgehead atoms. The maximum Gasteiger partial charge on any atom is 0.281 e. The first-order valence-corrected chi connectivity index (χ1v) is 8.85. The van der Waals surface area contributed by atoms with Gasteiger partial charge >= 0.3 is 0 Å². The predicted octanol–water partition coefficient (Wildman–Crippen LogP) is 5.32. The van der Waals surface area contributed by atoms with E-state index in [0.717, 1.165) is 28.2 Å². The summed E-state index contributed by atoms with van der Waals surface area (Å²) in [4.78, 5) is 11.9. The topological polar surface area (TPSA) is 22.0 Å². The molecule has 0 N–H and O–H groups in total. The quantitative estimate of drug-likeness (QED) is 0.539. The first-order valence-electron chi connectivity index (χ1n) is 6.94. The highest BCUT2D eigenvalue weighted by atomic mass is 35.5. The fourth-order valence-corrected chi connectivity index (χ4v) is 3.57. The van der Waals surface area contributed by atoms with Gasteiger partial charge in [0.15, 0.2) is 0 Å². The number of hydrogen-bond donors (Lipinski definition) is 0. The van der Waals surface area contributed by atoms with E-state index in [-0.39, 0.29) is 10.6 Å². The van der Waals surface area contributed by atoms with Gasteiger partial charge in [0, 0.05) is 16.1 Å². The Morgan fingerprint density at radius 3 is 2.29 bits per heavy atom. The van der Waals surface area contributed by atoms with Crippen molar-refractivity contribution in [2.24, 2.45) is 0 Å². The number of benzene rings is 2. The first-order chi connectivity index (χ1) is 11.5. The zero-order valence-corrected chi connectivity index (χ0v) is 15.3. The number of halogens is 3. The third-order valence-electron chi connectivity index (χ3n) is 3.23. The lowest BCUT2D eigenvalue weighted by atomic mass is 10.1. The molecule has 3 aromatic rings. The van der Waals surface area contributed by atoms with Gasteiger partial charge in [-0.05, 0) is 47.4 Å². The summed E-state index contributed by atoms with van der Waals surface area (Å²) in [6, 6.07) is 15.1. The van der Waals surface area contributed by atoms with Gasteiger partial charge in [0.05, 0.1) is 6.54 Å². The van der Waals surface area contributed by atoms with Crippen LogP contribution in [0.1, 0.15) is 16.7 Å². The van der Waals surface area contributed by atoms with E-state index in [0.29, 0.717) is 15.9 Å². The highest BCUT2D eigenvalue weighted by Gasteiger charge is 2.11. The molecular weight excluding hydrogens is 385 g/mol. The van der Waals surface area contributed by atoms with E-state index in [1.807, 2.05) is 48.5 Å². The van der Waals surface area contributed by atoms with E-state index in [1.54, 1.807) is 0 Å². The SMILES string of the molecule is O=c1c(Cl)c(Cl)sn1Cc1ccc(C#Cc2cccc(Cl)c2)cc1. The molecule has 0 spiro atoms. The fraction of sp³-hybridized carbons (Fsp3) is 0.0556. The van der Waals surface area contributed by atoms with Crippen molar-refractivity contribution in [3.8, 4) is 11.8 Å². The van der Waals surface area contributed by atoms with Gasteiger partial charge in [0.1, 0.15) is 9.36 Å². The van der Waals surface area contributed by atoms with E-state index >= 15 is 0 Å². The van der Waals surface area contributed by atoms with Crippen molar-refractivity contribution < 1.29 is 0 Å². The van der Waals surface area contributed by atoms with Crippen LogP contribution in [0.25, 0.3) is 0 Å². The summed E-state index contributed by atoms with van der Waals surface area (Å²) < 4.78 is 1.84. The van der Waals surface area contributed by atoms with Gasteiger partial charge in [-0.1, -0.05) is 64.8 Å². The van der Waals surface area contributed by atoms with Gasteiger partial charge in [-0.2, -0.15) is 0 Å². The first kappa shape index (κ1) is 17.1. The van der Waals surface area contributed by atoms with E-state index in [2.05, 4.69) is 11.8 Å². The monoisotopic (exact) mass is 393 g/mol. The Kier molecular flexibility index (Phi) is 5.33. The standard InChI is InChI=1S/C18H10Cl3NOS/c19-15-3-1-2-13(10-15)7-4-12-5-8-14(9-6-12)11-22-18(23)16(20)17(21)24-22/h1-3,5-6,8-10H,11H2. The second-order valence-corrected chi connectivity index (χ2v) is 7.43. The Bertz CT molecular complexity index is 994. The molecule has 0 aliphatic rings. The van der Waals surface area contributed by atoms with Crippen LogP contribution in [-0.2, 0) is 6.54 Å². The molecule has 3 rings (SSSR count). The van der Waals surface area contributed by atoms with Crippen molar-refractivity contribution in [3.05, 3.63) is 90.0 Å². The third kappa shape index (κ3) is 4.03. The second-order valence-electron chi connectivity index (χ2n) is 4.98. The molecule has 2 nitrogen and oxygen atoms in total. The Labute approximate surface area is 158 Å². The lowest BCUT2D eigenvalue weighted by molar-refractivity contribution is 0.849. The molecular formula is C18H10Cl3NOS. The molecule has 0 amide bonds. The van der Waals surface area contributed by atoms with Crippen LogP contribution in [0, 0.1) is 11.8 Å². The van der Waals surface area contributed by atoms with Crippen LogP contribution in [0.2, 0.25) is 14.4 Å². The highest BCUT2D eigenvalue weighted by Crippen LogP contribution is 2.23.